The lowest BCUT2D eigenvalue weighted by molar-refractivity contribution is -0.140. The van der Waals surface area contributed by atoms with Crippen LogP contribution in [-0.2, 0) is 4.79 Å². The predicted octanol–water partition coefficient (Wildman–Crippen LogP) is 1.17. The summed E-state index contributed by atoms with van der Waals surface area (Å²) in [6.07, 6.45) is -0.103. The summed E-state index contributed by atoms with van der Waals surface area (Å²) in [5.74, 6) is -0.929. The lowest BCUT2D eigenvalue weighted by Gasteiger charge is -2.05. The van der Waals surface area contributed by atoms with Gasteiger partial charge in [0, 0.05) is 0 Å². The van der Waals surface area contributed by atoms with Crippen LogP contribution in [0.4, 0.5) is 8.78 Å². The van der Waals surface area contributed by atoms with E-state index in [1.54, 1.807) is 0 Å². The first-order chi connectivity index (χ1) is 7.00. The molecule has 0 aliphatic carbocycles. The van der Waals surface area contributed by atoms with Gasteiger partial charge in [0.25, 0.3) is 6.43 Å². The lowest BCUT2D eigenvalue weighted by atomic mass is 10.3. The number of carbonyl (C=O) groups is 1. The van der Waals surface area contributed by atoms with E-state index < -0.39 is 25.0 Å². The minimum absolute atomic E-state index is 0.128. The molecule has 0 aromatic carbocycles. The molecule has 15 heavy (non-hydrogen) atoms. The number of halogens is 2. The van der Waals surface area contributed by atoms with Gasteiger partial charge in [-0.15, -0.1) is 0 Å². The monoisotopic (exact) mass is 220 g/mol. The van der Waals surface area contributed by atoms with Crippen molar-refractivity contribution in [3.05, 3.63) is 12.4 Å². The Labute approximate surface area is 84.3 Å². The number of rotatable bonds is 5. The fourth-order valence-corrected chi connectivity index (χ4v) is 0.879. The molecule has 0 saturated heterocycles. The van der Waals surface area contributed by atoms with Crippen molar-refractivity contribution in [1.82, 2.24) is 9.78 Å². The van der Waals surface area contributed by atoms with Crippen LogP contribution in [0.3, 0.4) is 0 Å². The normalized spacial score (nSPS) is 12.8. The van der Waals surface area contributed by atoms with Crippen LogP contribution in [0.2, 0.25) is 0 Å². The number of nitrogens with zero attached hydrogens (tertiary/aromatic N) is 2. The Hall–Kier alpha value is -1.66. The van der Waals surface area contributed by atoms with E-state index in [-0.39, 0.29) is 5.75 Å². The SMILES string of the molecule is CC(C(=O)O)n1cc(OCC(F)F)cn1. The van der Waals surface area contributed by atoms with Crippen LogP contribution in [0.5, 0.6) is 5.75 Å². The highest BCUT2D eigenvalue weighted by molar-refractivity contribution is 5.71. The standard InChI is InChI=1S/C8H10F2N2O3/c1-5(8(13)14)12-3-6(2-11-12)15-4-7(9)10/h2-3,5,7H,4H2,1H3,(H,13,14). The van der Waals surface area contributed by atoms with Gasteiger partial charge in [0.15, 0.2) is 5.75 Å². The summed E-state index contributed by atoms with van der Waals surface area (Å²) in [6, 6.07) is -0.853. The molecule has 0 aliphatic heterocycles. The third-order valence-corrected chi connectivity index (χ3v) is 1.71. The van der Waals surface area contributed by atoms with E-state index in [0.29, 0.717) is 0 Å². The van der Waals surface area contributed by atoms with Crippen molar-refractivity contribution < 1.29 is 23.4 Å². The van der Waals surface area contributed by atoms with Crippen LogP contribution in [0.25, 0.3) is 0 Å². The van der Waals surface area contributed by atoms with E-state index in [9.17, 15) is 13.6 Å². The Morgan fingerprint density at radius 3 is 2.93 bits per heavy atom. The highest BCUT2D eigenvalue weighted by atomic mass is 19.3. The molecule has 0 aliphatic rings. The number of carboxylic acids is 1. The number of hydrogen-bond acceptors (Lipinski definition) is 3. The molecule has 1 N–H and O–H groups in total. The van der Waals surface area contributed by atoms with E-state index in [0.717, 1.165) is 4.68 Å². The summed E-state index contributed by atoms with van der Waals surface area (Å²) >= 11 is 0. The van der Waals surface area contributed by atoms with Crippen molar-refractivity contribution in [2.75, 3.05) is 6.61 Å². The number of ether oxygens (including phenoxy) is 1. The summed E-state index contributed by atoms with van der Waals surface area (Å²) in [5.41, 5.74) is 0. The van der Waals surface area contributed by atoms with Gasteiger partial charge in [0.05, 0.1) is 12.4 Å². The minimum Gasteiger partial charge on any atom is -0.484 e. The van der Waals surface area contributed by atoms with Gasteiger partial charge in [-0.3, -0.25) is 4.68 Å². The molecule has 1 atom stereocenters. The zero-order valence-electron chi connectivity index (χ0n) is 7.93. The lowest BCUT2D eigenvalue weighted by Crippen LogP contribution is -2.15. The van der Waals surface area contributed by atoms with Crippen molar-refractivity contribution in [3.63, 3.8) is 0 Å². The van der Waals surface area contributed by atoms with Crippen molar-refractivity contribution in [1.29, 1.82) is 0 Å². The number of carboxylic acid groups (broad SMARTS) is 1. The summed E-state index contributed by atoms with van der Waals surface area (Å²) in [5, 5.41) is 12.3. The zero-order valence-corrected chi connectivity index (χ0v) is 7.93. The number of alkyl halides is 2. The second kappa shape index (κ2) is 4.72. The summed E-state index contributed by atoms with van der Waals surface area (Å²) < 4.78 is 29.3. The number of aliphatic carboxylic acids is 1. The van der Waals surface area contributed by atoms with Gasteiger partial charge in [-0.25, -0.2) is 13.6 Å². The average Bonchev–Trinajstić information content (AvgIpc) is 2.61. The smallest absolute Gasteiger partial charge is 0.328 e. The molecule has 7 heteroatoms. The number of aromatic nitrogens is 2. The molecule has 0 fully saturated rings. The van der Waals surface area contributed by atoms with Gasteiger partial charge < -0.3 is 9.84 Å². The molecule has 0 bridgehead atoms. The van der Waals surface area contributed by atoms with E-state index in [2.05, 4.69) is 9.84 Å². The third kappa shape index (κ3) is 3.19. The van der Waals surface area contributed by atoms with Crippen LogP contribution in [0.15, 0.2) is 12.4 Å². The van der Waals surface area contributed by atoms with E-state index in [1.165, 1.54) is 19.3 Å². The molecule has 5 nitrogen and oxygen atoms in total. The molecule has 1 aromatic rings. The Morgan fingerprint density at radius 1 is 1.73 bits per heavy atom. The number of hydrogen-bond donors (Lipinski definition) is 1. The maximum atomic E-state index is 11.8. The summed E-state index contributed by atoms with van der Waals surface area (Å²) in [4.78, 5) is 10.6. The minimum atomic E-state index is -2.56. The van der Waals surface area contributed by atoms with Crippen molar-refractivity contribution >= 4 is 5.97 Å². The summed E-state index contributed by atoms with van der Waals surface area (Å²) in [7, 11) is 0. The molecule has 84 valence electrons. The Morgan fingerprint density at radius 2 is 2.40 bits per heavy atom. The van der Waals surface area contributed by atoms with Crippen LogP contribution in [0.1, 0.15) is 13.0 Å². The van der Waals surface area contributed by atoms with E-state index >= 15 is 0 Å². The Bertz CT molecular complexity index is 340. The van der Waals surface area contributed by atoms with Crippen molar-refractivity contribution in [2.24, 2.45) is 0 Å². The van der Waals surface area contributed by atoms with Gasteiger partial charge in [0.1, 0.15) is 12.6 Å². The molecule has 0 saturated carbocycles. The van der Waals surface area contributed by atoms with Crippen molar-refractivity contribution in [3.8, 4) is 5.75 Å². The molecule has 0 radical (unpaired) electrons. The third-order valence-electron chi connectivity index (χ3n) is 1.71. The van der Waals surface area contributed by atoms with E-state index in [1.807, 2.05) is 0 Å². The van der Waals surface area contributed by atoms with Crippen LogP contribution in [0, 0.1) is 0 Å². The molecular formula is C8H10F2N2O3. The molecule has 1 rings (SSSR count). The van der Waals surface area contributed by atoms with Crippen LogP contribution >= 0.6 is 0 Å². The van der Waals surface area contributed by atoms with Gasteiger partial charge >= 0.3 is 5.97 Å². The Kier molecular flexibility index (Phi) is 3.59. The largest absolute Gasteiger partial charge is 0.484 e. The topological polar surface area (TPSA) is 64.3 Å². The molecule has 1 unspecified atom stereocenters. The first-order valence-corrected chi connectivity index (χ1v) is 4.18. The first kappa shape index (κ1) is 11.4. The van der Waals surface area contributed by atoms with E-state index in [4.69, 9.17) is 5.11 Å². The van der Waals surface area contributed by atoms with Gasteiger partial charge in [0.2, 0.25) is 0 Å². The fourth-order valence-electron chi connectivity index (χ4n) is 0.879. The maximum absolute atomic E-state index is 11.8. The molecule has 1 heterocycles. The Balaban J connectivity index is 2.60. The van der Waals surface area contributed by atoms with Crippen molar-refractivity contribution in [2.45, 2.75) is 19.4 Å². The summed E-state index contributed by atoms with van der Waals surface area (Å²) in [6.45, 7) is 0.694. The van der Waals surface area contributed by atoms with Gasteiger partial charge in [-0.05, 0) is 6.92 Å². The average molecular weight is 220 g/mol. The van der Waals surface area contributed by atoms with Crippen LogP contribution < -0.4 is 4.74 Å². The quantitative estimate of drug-likeness (QED) is 0.809. The maximum Gasteiger partial charge on any atom is 0.328 e. The molecular weight excluding hydrogens is 210 g/mol. The molecule has 1 aromatic heterocycles. The highest BCUT2D eigenvalue weighted by Crippen LogP contribution is 2.13. The van der Waals surface area contributed by atoms with Gasteiger partial charge in [-0.1, -0.05) is 0 Å². The predicted molar refractivity (Wildman–Crippen MR) is 46.1 cm³/mol. The molecule has 0 amide bonds. The van der Waals surface area contributed by atoms with Crippen LogP contribution in [-0.4, -0.2) is 33.9 Å². The molecule has 0 spiro atoms. The fraction of sp³-hybridized carbons (Fsp3) is 0.500. The van der Waals surface area contributed by atoms with Gasteiger partial charge in [-0.2, -0.15) is 5.10 Å². The second-order valence-electron chi connectivity index (χ2n) is 2.87. The highest BCUT2D eigenvalue weighted by Gasteiger charge is 2.14. The second-order valence-corrected chi connectivity index (χ2v) is 2.87. The zero-order chi connectivity index (χ0) is 11.4. The first-order valence-electron chi connectivity index (χ1n) is 4.18.